The van der Waals surface area contributed by atoms with Gasteiger partial charge in [-0.25, -0.2) is 0 Å². The third-order valence-electron chi connectivity index (χ3n) is 5.55. The predicted molar refractivity (Wildman–Crippen MR) is 130 cm³/mol. The van der Waals surface area contributed by atoms with E-state index in [9.17, 15) is 0 Å². The first kappa shape index (κ1) is 18.8. The number of hydrogen-bond donors (Lipinski definition) is 0. The summed E-state index contributed by atoms with van der Waals surface area (Å²) in [5.74, 6) is 4.60. The third kappa shape index (κ3) is 2.68. The molecule has 2 heteroatoms. The van der Waals surface area contributed by atoms with Crippen LogP contribution >= 0.6 is 15.8 Å². The minimum atomic E-state index is -3.07. The second kappa shape index (κ2) is 7.84. The molecule has 0 bridgehead atoms. The average Bonchev–Trinajstić information content (AvgIpc) is 2.80. The van der Waals surface area contributed by atoms with E-state index in [1.807, 2.05) is 0 Å². The maximum absolute atomic E-state index is 3.07. The predicted octanol–water partition coefficient (Wildman–Crippen LogP) is 5.19. The van der Waals surface area contributed by atoms with E-state index in [1.165, 1.54) is 21.2 Å². The summed E-state index contributed by atoms with van der Waals surface area (Å²) in [6, 6.07) is 43.9. The van der Waals surface area contributed by atoms with E-state index in [2.05, 4.69) is 142 Å². The maximum atomic E-state index is 2.82. The topological polar surface area (TPSA) is 0 Å². The standard InChI is InChI=1S/C26H24P2/c27-21-22-28(23-13-5-1-6-14-23,24-15-7-2-8-16-24,25-17-9-3-10-18-25)26-19-11-4-12-20-26/h1-22H,27H2. The van der Waals surface area contributed by atoms with Gasteiger partial charge in [0.15, 0.2) is 0 Å². The fourth-order valence-electron chi connectivity index (χ4n) is 4.36. The Balaban J connectivity index is 2.32. The summed E-state index contributed by atoms with van der Waals surface area (Å²) in [6.45, 7) is -3.07. The molecule has 0 aliphatic heterocycles. The van der Waals surface area contributed by atoms with Crippen LogP contribution in [0.2, 0.25) is 0 Å². The first-order valence-corrected chi connectivity index (χ1v) is 12.4. The zero-order chi connectivity index (χ0) is 19.3. The van der Waals surface area contributed by atoms with Crippen LogP contribution in [0.5, 0.6) is 0 Å². The van der Waals surface area contributed by atoms with Gasteiger partial charge in [-0.15, -0.1) is 0 Å². The van der Waals surface area contributed by atoms with Gasteiger partial charge in [0.2, 0.25) is 0 Å². The van der Waals surface area contributed by atoms with E-state index in [-0.39, 0.29) is 0 Å². The number of benzene rings is 4. The van der Waals surface area contributed by atoms with Crippen molar-refractivity contribution in [3.63, 3.8) is 0 Å². The average molecular weight is 398 g/mol. The van der Waals surface area contributed by atoms with E-state index in [0.29, 0.717) is 0 Å². The molecule has 0 saturated heterocycles. The van der Waals surface area contributed by atoms with Crippen molar-refractivity contribution in [1.82, 2.24) is 0 Å². The van der Waals surface area contributed by atoms with Gasteiger partial charge in [-0.3, -0.25) is 0 Å². The Hall–Kier alpha value is -2.52. The minimum absolute atomic E-state index is 1.34. The van der Waals surface area contributed by atoms with E-state index < -0.39 is 6.60 Å². The van der Waals surface area contributed by atoms with Crippen molar-refractivity contribution in [2.45, 2.75) is 0 Å². The zero-order valence-corrected chi connectivity index (χ0v) is 17.8. The molecule has 138 valence electrons. The molecule has 1 atom stereocenters. The molecule has 0 heterocycles. The fraction of sp³-hybridized carbons (Fsp3) is 0. The van der Waals surface area contributed by atoms with Crippen LogP contribution in [0.15, 0.2) is 133 Å². The van der Waals surface area contributed by atoms with Crippen LogP contribution in [0.3, 0.4) is 0 Å². The van der Waals surface area contributed by atoms with Gasteiger partial charge >= 0.3 is 170 Å². The van der Waals surface area contributed by atoms with Crippen molar-refractivity contribution >= 4 is 37.1 Å². The van der Waals surface area contributed by atoms with Crippen molar-refractivity contribution in [1.29, 1.82) is 0 Å². The van der Waals surface area contributed by atoms with Crippen molar-refractivity contribution in [2.24, 2.45) is 0 Å². The second-order valence-electron chi connectivity index (χ2n) is 6.87. The van der Waals surface area contributed by atoms with Crippen LogP contribution in [0.1, 0.15) is 0 Å². The second-order valence-corrected chi connectivity index (χ2v) is 12.0. The molecule has 0 aromatic heterocycles. The normalized spacial score (nSPS) is 13.1. The van der Waals surface area contributed by atoms with Gasteiger partial charge in [-0.1, -0.05) is 0 Å². The Morgan fingerprint density at radius 2 is 0.679 bits per heavy atom. The van der Waals surface area contributed by atoms with Gasteiger partial charge in [0.1, 0.15) is 0 Å². The molecule has 4 rings (SSSR count). The van der Waals surface area contributed by atoms with E-state index >= 15 is 0 Å². The molecule has 0 aliphatic rings. The molecule has 0 aliphatic carbocycles. The molecular weight excluding hydrogens is 374 g/mol. The first-order chi connectivity index (χ1) is 13.8. The van der Waals surface area contributed by atoms with Gasteiger partial charge in [0, 0.05) is 0 Å². The summed E-state index contributed by atoms with van der Waals surface area (Å²) in [5, 5.41) is 5.37. The Morgan fingerprint density at radius 3 is 0.893 bits per heavy atom. The number of hydrogen-bond acceptors (Lipinski definition) is 0. The molecule has 0 N–H and O–H groups in total. The summed E-state index contributed by atoms with van der Waals surface area (Å²) >= 11 is 0. The Kier molecular flexibility index (Phi) is 5.27. The molecule has 0 radical (unpaired) electrons. The van der Waals surface area contributed by atoms with E-state index in [1.54, 1.807) is 0 Å². The summed E-state index contributed by atoms with van der Waals surface area (Å²) in [5.41, 5.74) is 0. The molecule has 28 heavy (non-hydrogen) atoms. The van der Waals surface area contributed by atoms with Crippen LogP contribution in [0.25, 0.3) is 0 Å². The zero-order valence-electron chi connectivity index (χ0n) is 15.7. The summed E-state index contributed by atoms with van der Waals surface area (Å²) in [7, 11) is 2.82. The quantitative estimate of drug-likeness (QED) is 0.406. The van der Waals surface area contributed by atoms with Gasteiger partial charge in [-0.2, -0.15) is 0 Å². The Labute approximate surface area is 170 Å². The fourth-order valence-corrected chi connectivity index (χ4v) is 11.4. The monoisotopic (exact) mass is 398 g/mol. The number of rotatable bonds is 5. The van der Waals surface area contributed by atoms with Crippen LogP contribution in [-0.2, 0) is 0 Å². The van der Waals surface area contributed by atoms with Crippen LogP contribution < -0.4 is 21.2 Å². The van der Waals surface area contributed by atoms with Crippen LogP contribution in [0, 0.1) is 0 Å². The Morgan fingerprint density at radius 1 is 0.429 bits per heavy atom. The summed E-state index contributed by atoms with van der Waals surface area (Å²) < 4.78 is 0. The third-order valence-corrected chi connectivity index (χ3v) is 12.3. The van der Waals surface area contributed by atoms with Crippen molar-refractivity contribution in [2.75, 3.05) is 0 Å². The molecular formula is C26H24P2. The van der Waals surface area contributed by atoms with E-state index in [4.69, 9.17) is 0 Å². The molecule has 0 saturated carbocycles. The molecule has 4 aromatic rings. The molecule has 1 unspecified atom stereocenters. The van der Waals surface area contributed by atoms with Crippen molar-refractivity contribution in [3.05, 3.63) is 133 Å². The molecule has 0 fully saturated rings. The first-order valence-electron chi connectivity index (χ1n) is 9.46. The molecule has 4 aromatic carbocycles. The summed E-state index contributed by atoms with van der Waals surface area (Å²) in [4.78, 5) is 0. The van der Waals surface area contributed by atoms with Crippen LogP contribution in [0.4, 0.5) is 0 Å². The van der Waals surface area contributed by atoms with Gasteiger partial charge in [0.05, 0.1) is 0 Å². The molecule has 0 amide bonds. The van der Waals surface area contributed by atoms with Crippen LogP contribution in [-0.4, -0.2) is 0 Å². The molecule has 0 spiro atoms. The van der Waals surface area contributed by atoms with Crippen molar-refractivity contribution in [3.8, 4) is 0 Å². The summed E-state index contributed by atoms with van der Waals surface area (Å²) in [6.07, 6.45) is 0. The SMILES string of the molecule is PC=CP(c1ccccc1)(c1ccccc1)(c1ccccc1)c1ccccc1. The van der Waals surface area contributed by atoms with Gasteiger partial charge in [-0.05, 0) is 0 Å². The Bertz CT molecular complexity index is 887. The van der Waals surface area contributed by atoms with Gasteiger partial charge in [0.25, 0.3) is 0 Å². The van der Waals surface area contributed by atoms with Gasteiger partial charge < -0.3 is 0 Å². The van der Waals surface area contributed by atoms with Crippen molar-refractivity contribution < 1.29 is 0 Å². The van der Waals surface area contributed by atoms with E-state index in [0.717, 1.165) is 0 Å². The molecule has 0 nitrogen and oxygen atoms in total.